The molecule has 3 N–H and O–H groups in total. The van der Waals surface area contributed by atoms with Crippen LogP contribution in [0.4, 0.5) is 4.79 Å². The van der Waals surface area contributed by atoms with Crippen molar-refractivity contribution in [3.05, 3.63) is 30.1 Å². The number of carbonyl (C=O) groups is 2. The summed E-state index contributed by atoms with van der Waals surface area (Å²) in [6.45, 7) is 6.43. The first kappa shape index (κ1) is 20.2. The molecule has 1 aromatic rings. The molecule has 3 amide bonds. The lowest BCUT2D eigenvalue weighted by Crippen LogP contribution is -2.61. The molecule has 0 spiro atoms. The number of nitrogens with one attached hydrogen (secondary N) is 3. The Labute approximate surface area is 156 Å². The molecule has 6 heteroatoms. The molecular formula is C20H32N4O2. The van der Waals surface area contributed by atoms with Crippen molar-refractivity contribution >= 4 is 11.9 Å². The Hall–Kier alpha value is -2.11. The van der Waals surface area contributed by atoms with Gasteiger partial charge in [0, 0.05) is 19.4 Å². The Bertz CT molecular complexity index is 604. The van der Waals surface area contributed by atoms with E-state index in [-0.39, 0.29) is 23.4 Å². The van der Waals surface area contributed by atoms with Crippen LogP contribution in [-0.4, -0.2) is 29.5 Å². The highest BCUT2D eigenvalue weighted by Crippen LogP contribution is 2.30. The van der Waals surface area contributed by atoms with Gasteiger partial charge in [0.25, 0.3) is 0 Å². The van der Waals surface area contributed by atoms with Crippen LogP contribution in [0.25, 0.3) is 0 Å². The fourth-order valence-electron chi connectivity index (χ4n) is 3.66. The van der Waals surface area contributed by atoms with Crippen LogP contribution in [0.2, 0.25) is 0 Å². The molecule has 1 fully saturated rings. The van der Waals surface area contributed by atoms with Crippen molar-refractivity contribution in [3.8, 4) is 0 Å². The molecule has 0 radical (unpaired) electrons. The summed E-state index contributed by atoms with van der Waals surface area (Å²) in [7, 11) is 1.62. The Morgan fingerprint density at radius 3 is 2.46 bits per heavy atom. The van der Waals surface area contributed by atoms with Gasteiger partial charge in [-0.3, -0.25) is 9.78 Å². The van der Waals surface area contributed by atoms with E-state index in [4.69, 9.17) is 0 Å². The number of rotatable bonds is 5. The van der Waals surface area contributed by atoms with Gasteiger partial charge in [0.05, 0.1) is 6.04 Å². The molecular weight excluding hydrogens is 328 g/mol. The zero-order valence-electron chi connectivity index (χ0n) is 16.4. The van der Waals surface area contributed by atoms with Gasteiger partial charge in [0.2, 0.25) is 5.91 Å². The van der Waals surface area contributed by atoms with E-state index in [0.717, 1.165) is 31.2 Å². The summed E-state index contributed by atoms with van der Waals surface area (Å²) in [4.78, 5) is 29.4. The first-order chi connectivity index (χ1) is 12.3. The summed E-state index contributed by atoms with van der Waals surface area (Å²) >= 11 is 0. The minimum atomic E-state index is -0.807. The second kappa shape index (κ2) is 8.52. The number of pyridine rings is 1. The van der Waals surface area contributed by atoms with E-state index in [1.165, 1.54) is 0 Å². The van der Waals surface area contributed by atoms with Gasteiger partial charge in [-0.25, -0.2) is 4.79 Å². The molecule has 1 aliphatic rings. The Balaban J connectivity index is 2.14. The highest BCUT2D eigenvalue weighted by Gasteiger charge is 2.40. The predicted molar refractivity (Wildman–Crippen MR) is 103 cm³/mol. The van der Waals surface area contributed by atoms with Crippen molar-refractivity contribution in [2.24, 2.45) is 5.41 Å². The highest BCUT2D eigenvalue weighted by molar-refractivity contribution is 5.91. The summed E-state index contributed by atoms with van der Waals surface area (Å²) in [5.74, 6) is -0.110. The molecule has 26 heavy (non-hydrogen) atoms. The minimum Gasteiger partial charge on any atom is -0.357 e. The van der Waals surface area contributed by atoms with Gasteiger partial charge in [-0.15, -0.1) is 0 Å². The third-order valence-corrected chi connectivity index (χ3v) is 4.93. The maximum Gasteiger partial charge on any atom is 0.316 e. The molecule has 0 aliphatic heterocycles. The fourth-order valence-corrected chi connectivity index (χ4v) is 3.66. The number of likely N-dealkylation sites (N-methyl/N-ethyl adjacent to an activating group) is 1. The molecule has 0 bridgehead atoms. The standard InChI is InChI=1S/C20H32N4O2/c1-19(2,3)13-16(15-9-8-12-22-14-15)23-18(26)24-20(17(25)21-4)10-6-5-7-11-20/h8-9,12,14,16H,5-7,10-11,13H2,1-4H3,(H,21,25)(H2,23,24,26)/t16-/m1/s1. The molecule has 144 valence electrons. The average molecular weight is 361 g/mol. The van der Waals surface area contributed by atoms with Gasteiger partial charge in [-0.1, -0.05) is 46.1 Å². The van der Waals surface area contributed by atoms with Gasteiger partial charge in [-0.05, 0) is 36.3 Å². The second-order valence-electron chi connectivity index (χ2n) is 8.42. The zero-order valence-corrected chi connectivity index (χ0v) is 16.4. The van der Waals surface area contributed by atoms with Crippen molar-refractivity contribution < 1.29 is 9.59 Å². The maximum atomic E-state index is 12.8. The number of carbonyl (C=O) groups excluding carboxylic acids is 2. The minimum absolute atomic E-state index is 0.0388. The molecule has 0 aromatic carbocycles. The molecule has 2 rings (SSSR count). The normalized spacial score (nSPS) is 17.8. The Morgan fingerprint density at radius 2 is 1.92 bits per heavy atom. The molecule has 1 saturated carbocycles. The van der Waals surface area contributed by atoms with Gasteiger partial charge < -0.3 is 16.0 Å². The van der Waals surface area contributed by atoms with Crippen LogP contribution in [-0.2, 0) is 4.79 Å². The van der Waals surface area contributed by atoms with Crippen molar-refractivity contribution in [2.45, 2.75) is 70.9 Å². The zero-order chi connectivity index (χ0) is 19.2. The highest BCUT2D eigenvalue weighted by atomic mass is 16.2. The van der Waals surface area contributed by atoms with Gasteiger partial charge >= 0.3 is 6.03 Å². The molecule has 1 aliphatic carbocycles. The quantitative estimate of drug-likeness (QED) is 0.753. The van der Waals surface area contributed by atoms with E-state index < -0.39 is 5.54 Å². The first-order valence-corrected chi connectivity index (χ1v) is 9.46. The van der Waals surface area contributed by atoms with E-state index in [9.17, 15) is 9.59 Å². The average Bonchev–Trinajstić information content (AvgIpc) is 2.60. The van der Waals surface area contributed by atoms with Gasteiger partial charge in [-0.2, -0.15) is 0 Å². The van der Waals surface area contributed by atoms with Crippen LogP contribution < -0.4 is 16.0 Å². The van der Waals surface area contributed by atoms with Crippen LogP contribution in [0.15, 0.2) is 24.5 Å². The number of amides is 3. The monoisotopic (exact) mass is 360 g/mol. The molecule has 0 saturated heterocycles. The summed E-state index contributed by atoms with van der Waals surface area (Å²) in [5.41, 5.74) is 0.199. The third-order valence-electron chi connectivity index (χ3n) is 4.93. The van der Waals surface area contributed by atoms with E-state index >= 15 is 0 Å². The Kier molecular flexibility index (Phi) is 6.62. The Morgan fingerprint density at radius 1 is 1.23 bits per heavy atom. The lowest BCUT2D eigenvalue weighted by molar-refractivity contribution is -0.128. The molecule has 0 unspecified atom stereocenters. The lowest BCUT2D eigenvalue weighted by atomic mass is 9.81. The molecule has 1 heterocycles. The van der Waals surface area contributed by atoms with Gasteiger partial charge in [0.1, 0.15) is 5.54 Å². The van der Waals surface area contributed by atoms with Crippen molar-refractivity contribution in [3.63, 3.8) is 0 Å². The molecule has 1 aromatic heterocycles. The number of nitrogens with zero attached hydrogens (tertiary/aromatic N) is 1. The summed E-state index contributed by atoms with van der Waals surface area (Å²) in [6, 6.07) is 3.39. The molecule has 1 atom stereocenters. The van der Waals surface area contributed by atoms with Crippen LogP contribution in [0, 0.1) is 5.41 Å². The number of hydrogen-bond donors (Lipinski definition) is 3. The predicted octanol–water partition coefficient (Wildman–Crippen LogP) is 3.31. The maximum absolute atomic E-state index is 12.8. The van der Waals surface area contributed by atoms with Crippen molar-refractivity contribution in [2.75, 3.05) is 7.05 Å². The van der Waals surface area contributed by atoms with Crippen LogP contribution >= 0.6 is 0 Å². The van der Waals surface area contributed by atoms with Crippen LogP contribution in [0.3, 0.4) is 0 Å². The number of hydrogen-bond acceptors (Lipinski definition) is 3. The summed E-state index contributed by atoms with van der Waals surface area (Å²) in [5, 5.41) is 8.77. The molecule has 6 nitrogen and oxygen atoms in total. The van der Waals surface area contributed by atoms with Crippen molar-refractivity contribution in [1.82, 2.24) is 20.9 Å². The summed E-state index contributed by atoms with van der Waals surface area (Å²) in [6.07, 6.45) is 8.63. The smallest absolute Gasteiger partial charge is 0.316 e. The van der Waals surface area contributed by atoms with E-state index in [2.05, 4.69) is 41.7 Å². The van der Waals surface area contributed by atoms with E-state index in [1.807, 2.05) is 12.1 Å². The number of urea groups is 1. The largest absolute Gasteiger partial charge is 0.357 e. The van der Waals surface area contributed by atoms with Crippen molar-refractivity contribution in [1.29, 1.82) is 0 Å². The van der Waals surface area contributed by atoms with E-state index in [0.29, 0.717) is 12.8 Å². The van der Waals surface area contributed by atoms with E-state index in [1.54, 1.807) is 19.4 Å². The number of aromatic nitrogens is 1. The van der Waals surface area contributed by atoms with Gasteiger partial charge in [0.15, 0.2) is 0 Å². The lowest BCUT2D eigenvalue weighted by Gasteiger charge is -2.37. The van der Waals surface area contributed by atoms with Crippen LogP contribution in [0.1, 0.15) is 70.9 Å². The van der Waals surface area contributed by atoms with Crippen LogP contribution in [0.5, 0.6) is 0 Å². The third kappa shape index (κ3) is 5.44. The first-order valence-electron chi connectivity index (χ1n) is 9.46. The summed E-state index contributed by atoms with van der Waals surface area (Å²) < 4.78 is 0. The second-order valence-corrected chi connectivity index (χ2v) is 8.42. The SMILES string of the molecule is CNC(=O)C1(NC(=O)N[C@H](CC(C)(C)C)c2cccnc2)CCCCC1. The fraction of sp³-hybridized carbons (Fsp3) is 0.650. The topological polar surface area (TPSA) is 83.1 Å².